The molecular formula is C17H23N3O2. The van der Waals surface area contributed by atoms with Crippen molar-refractivity contribution < 1.29 is 9.47 Å². The van der Waals surface area contributed by atoms with E-state index in [0.29, 0.717) is 6.04 Å². The average Bonchev–Trinajstić information content (AvgIpc) is 3.18. The van der Waals surface area contributed by atoms with E-state index in [-0.39, 0.29) is 6.29 Å². The highest BCUT2D eigenvalue weighted by Crippen LogP contribution is 2.26. The lowest BCUT2D eigenvalue weighted by Crippen LogP contribution is -2.47. The molecule has 1 unspecified atom stereocenters. The Bertz CT molecular complexity index is 648. The van der Waals surface area contributed by atoms with Gasteiger partial charge in [0.2, 0.25) is 0 Å². The second-order valence-corrected chi connectivity index (χ2v) is 6.22. The van der Waals surface area contributed by atoms with E-state index >= 15 is 0 Å². The maximum absolute atomic E-state index is 5.76. The van der Waals surface area contributed by atoms with Crippen LogP contribution in [0.4, 0.5) is 0 Å². The Hall–Kier alpha value is -1.43. The fraction of sp³-hybridized carbons (Fsp3) is 0.588. The zero-order chi connectivity index (χ0) is 14.9. The molecule has 22 heavy (non-hydrogen) atoms. The molecule has 0 radical (unpaired) electrons. The highest BCUT2D eigenvalue weighted by molar-refractivity contribution is 5.75. The van der Waals surface area contributed by atoms with Crippen LogP contribution in [0.2, 0.25) is 0 Å². The van der Waals surface area contributed by atoms with E-state index in [2.05, 4.69) is 34.7 Å². The molecule has 5 heteroatoms. The van der Waals surface area contributed by atoms with Crippen LogP contribution in [0.15, 0.2) is 24.3 Å². The summed E-state index contributed by atoms with van der Waals surface area (Å²) in [4.78, 5) is 7.29. The van der Waals surface area contributed by atoms with Gasteiger partial charge in [0.15, 0.2) is 6.29 Å². The van der Waals surface area contributed by atoms with E-state index < -0.39 is 0 Å². The summed E-state index contributed by atoms with van der Waals surface area (Å²) in [5, 5.41) is 0. The lowest BCUT2D eigenvalue weighted by molar-refractivity contribution is -0.111. The number of fused-ring (bicyclic) bond motifs is 1. The predicted molar refractivity (Wildman–Crippen MR) is 84.5 cm³/mol. The summed E-state index contributed by atoms with van der Waals surface area (Å²) >= 11 is 0. The molecule has 5 nitrogen and oxygen atoms in total. The van der Waals surface area contributed by atoms with Gasteiger partial charge in [-0.25, -0.2) is 4.98 Å². The minimum Gasteiger partial charge on any atom is -0.349 e. The van der Waals surface area contributed by atoms with Crippen molar-refractivity contribution in [3.8, 4) is 0 Å². The molecule has 2 fully saturated rings. The second-order valence-electron chi connectivity index (χ2n) is 6.22. The van der Waals surface area contributed by atoms with E-state index in [9.17, 15) is 0 Å². The molecule has 4 rings (SSSR count). The third-order valence-corrected chi connectivity index (χ3v) is 4.85. The molecule has 0 N–H and O–H groups in total. The summed E-state index contributed by atoms with van der Waals surface area (Å²) in [5.74, 6) is 1.12. The molecule has 1 aromatic carbocycles. The average molecular weight is 301 g/mol. The van der Waals surface area contributed by atoms with Gasteiger partial charge in [-0.05, 0) is 31.5 Å². The lowest BCUT2D eigenvalue weighted by atomic mass is 10.0. The Balaban J connectivity index is 1.58. The molecule has 2 aliphatic rings. The summed E-state index contributed by atoms with van der Waals surface area (Å²) in [7, 11) is 2.10. The zero-order valence-electron chi connectivity index (χ0n) is 13.1. The van der Waals surface area contributed by atoms with Gasteiger partial charge >= 0.3 is 0 Å². The largest absolute Gasteiger partial charge is 0.349 e. The maximum atomic E-state index is 5.76. The Morgan fingerprint density at radius 1 is 1.18 bits per heavy atom. The van der Waals surface area contributed by atoms with Crippen LogP contribution in [-0.4, -0.2) is 46.5 Å². The van der Waals surface area contributed by atoms with E-state index in [1.807, 2.05) is 6.07 Å². The lowest BCUT2D eigenvalue weighted by Gasteiger charge is -2.37. The van der Waals surface area contributed by atoms with Crippen LogP contribution in [-0.2, 0) is 23.1 Å². The molecule has 1 aromatic heterocycles. The van der Waals surface area contributed by atoms with E-state index in [1.54, 1.807) is 0 Å². The summed E-state index contributed by atoms with van der Waals surface area (Å²) < 4.78 is 13.7. The van der Waals surface area contributed by atoms with Crippen LogP contribution < -0.4 is 0 Å². The zero-order valence-corrected chi connectivity index (χ0v) is 13.1. The van der Waals surface area contributed by atoms with Crippen LogP contribution >= 0.6 is 0 Å². The highest BCUT2D eigenvalue weighted by atomic mass is 16.7. The number of likely N-dealkylation sites (tertiary alicyclic amines) is 1. The maximum Gasteiger partial charge on any atom is 0.173 e. The van der Waals surface area contributed by atoms with Crippen molar-refractivity contribution in [2.45, 2.75) is 38.1 Å². The minimum atomic E-state index is -0.0602. The van der Waals surface area contributed by atoms with Gasteiger partial charge in [-0.3, -0.25) is 4.90 Å². The molecule has 0 amide bonds. The van der Waals surface area contributed by atoms with Crippen molar-refractivity contribution in [3.63, 3.8) is 0 Å². The number of rotatable bonds is 3. The van der Waals surface area contributed by atoms with Crippen molar-refractivity contribution in [2.24, 2.45) is 7.05 Å². The number of imidazole rings is 1. The van der Waals surface area contributed by atoms with E-state index in [0.717, 1.165) is 44.1 Å². The number of aromatic nitrogens is 2. The molecule has 0 spiro atoms. The first kappa shape index (κ1) is 14.2. The summed E-state index contributed by atoms with van der Waals surface area (Å²) in [5.41, 5.74) is 2.27. The van der Waals surface area contributed by atoms with Crippen LogP contribution in [0.25, 0.3) is 11.0 Å². The van der Waals surface area contributed by atoms with Gasteiger partial charge in [0.25, 0.3) is 0 Å². The number of hydrogen-bond donors (Lipinski definition) is 0. The summed E-state index contributed by atoms with van der Waals surface area (Å²) in [6.45, 7) is 3.40. The monoisotopic (exact) mass is 301 g/mol. The molecule has 3 heterocycles. The van der Waals surface area contributed by atoms with Gasteiger partial charge in [0.1, 0.15) is 5.82 Å². The fourth-order valence-corrected chi connectivity index (χ4v) is 3.64. The molecule has 2 aromatic rings. The molecule has 118 valence electrons. The molecule has 0 aliphatic carbocycles. The quantitative estimate of drug-likeness (QED) is 0.872. The van der Waals surface area contributed by atoms with Gasteiger partial charge in [0, 0.05) is 7.05 Å². The Morgan fingerprint density at radius 2 is 2.00 bits per heavy atom. The Kier molecular flexibility index (Phi) is 3.86. The van der Waals surface area contributed by atoms with Crippen molar-refractivity contribution in [1.82, 2.24) is 14.5 Å². The fourth-order valence-electron chi connectivity index (χ4n) is 3.64. The van der Waals surface area contributed by atoms with Crippen molar-refractivity contribution in [3.05, 3.63) is 30.1 Å². The molecule has 0 saturated carbocycles. The normalized spacial score (nSPS) is 24.3. The highest BCUT2D eigenvalue weighted by Gasteiger charge is 2.34. The topological polar surface area (TPSA) is 39.5 Å². The van der Waals surface area contributed by atoms with Crippen LogP contribution in [0.3, 0.4) is 0 Å². The van der Waals surface area contributed by atoms with Crippen LogP contribution in [0.1, 0.15) is 25.1 Å². The number of ether oxygens (including phenoxy) is 2. The van der Waals surface area contributed by atoms with Gasteiger partial charge < -0.3 is 14.0 Å². The second kappa shape index (κ2) is 5.99. The standard InChI is InChI=1S/C17H23N3O2/c1-19-14-7-3-2-6-13(14)18-16(19)12-20-9-5-4-8-15(20)17-21-10-11-22-17/h2-3,6-7,15,17H,4-5,8-12H2,1H3. The van der Waals surface area contributed by atoms with Gasteiger partial charge in [-0.15, -0.1) is 0 Å². The van der Waals surface area contributed by atoms with Gasteiger partial charge in [0.05, 0.1) is 36.8 Å². The van der Waals surface area contributed by atoms with Crippen LogP contribution in [0.5, 0.6) is 0 Å². The number of benzene rings is 1. The Labute approximate surface area is 130 Å². The smallest absolute Gasteiger partial charge is 0.173 e. The molecular weight excluding hydrogens is 278 g/mol. The Morgan fingerprint density at radius 3 is 2.82 bits per heavy atom. The number of nitrogens with zero attached hydrogens (tertiary/aromatic N) is 3. The summed E-state index contributed by atoms with van der Waals surface area (Å²) in [6.07, 6.45) is 3.59. The van der Waals surface area contributed by atoms with E-state index in [4.69, 9.17) is 14.5 Å². The number of aryl methyl sites for hydroxylation is 1. The van der Waals surface area contributed by atoms with Crippen molar-refractivity contribution in [1.29, 1.82) is 0 Å². The first-order chi connectivity index (χ1) is 10.8. The van der Waals surface area contributed by atoms with Crippen LogP contribution in [0, 0.1) is 0 Å². The van der Waals surface area contributed by atoms with Gasteiger partial charge in [-0.1, -0.05) is 18.6 Å². The third kappa shape index (κ3) is 2.53. The molecule has 0 bridgehead atoms. The van der Waals surface area contributed by atoms with Gasteiger partial charge in [-0.2, -0.15) is 0 Å². The molecule has 2 aliphatic heterocycles. The SMILES string of the molecule is Cn1c(CN2CCCCC2C2OCCO2)nc2ccccc21. The summed E-state index contributed by atoms with van der Waals surface area (Å²) in [6, 6.07) is 8.68. The number of hydrogen-bond acceptors (Lipinski definition) is 4. The first-order valence-corrected chi connectivity index (χ1v) is 8.20. The predicted octanol–water partition coefficient (Wildman–Crippen LogP) is 2.30. The van der Waals surface area contributed by atoms with E-state index in [1.165, 1.54) is 18.4 Å². The number of para-hydroxylation sites is 2. The van der Waals surface area contributed by atoms with Crippen molar-refractivity contribution in [2.75, 3.05) is 19.8 Å². The molecule has 2 saturated heterocycles. The first-order valence-electron chi connectivity index (χ1n) is 8.20. The van der Waals surface area contributed by atoms with Crippen molar-refractivity contribution >= 4 is 11.0 Å². The third-order valence-electron chi connectivity index (χ3n) is 4.85. The molecule has 1 atom stereocenters. The number of piperidine rings is 1. The minimum absolute atomic E-state index is 0.0602.